The normalized spacial score (nSPS) is 26.1. The van der Waals surface area contributed by atoms with Gasteiger partial charge in [-0.1, -0.05) is 13.8 Å². The van der Waals surface area contributed by atoms with Crippen molar-refractivity contribution >= 4 is 17.7 Å². The molecule has 2 aliphatic heterocycles. The van der Waals surface area contributed by atoms with Gasteiger partial charge in [-0.3, -0.25) is 14.2 Å². The van der Waals surface area contributed by atoms with Crippen LogP contribution in [-0.4, -0.2) is 67.4 Å². The summed E-state index contributed by atoms with van der Waals surface area (Å²) in [6, 6.07) is 0.924. The lowest BCUT2D eigenvalue weighted by atomic mass is 9.75. The fourth-order valence-corrected chi connectivity index (χ4v) is 4.78. The molecule has 0 aliphatic carbocycles. The van der Waals surface area contributed by atoms with Crippen molar-refractivity contribution in [2.24, 2.45) is 5.41 Å². The molecule has 1 amide bonds. The van der Waals surface area contributed by atoms with Crippen LogP contribution in [0.2, 0.25) is 0 Å². The molecule has 10 nitrogen and oxygen atoms in total. The molecule has 1 aromatic rings. The molecule has 10 heteroatoms. The molecule has 2 fully saturated rings. The second kappa shape index (κ2) is 8.23. The van der Waals surface area contributed by atoms with Gasteiger partial charge in [0.1, 0.15) is 5.82 Å². The number of nitrogen functional groups attached to an aromatic ring is 1. The number of aliphatic hydroxyl groups is 1. The van der Waals surface area contributed by atoms with E-state index < -0.39 is 34.3 Å². The van der Waals surface area contributed by atoms with Crippen LogP contribution < -0.4 is 11.4 Å². The van der Waals surface area contributed by atoms with E-state index in [1.54, 1.807) is 25.7 Å². The van der Waals surface area contributed by atoms with E-state index in [2.05, 4.69) is 4.98 Å². The zero-order valence-corrected chi connectivity index (χ0v) is 18.3. The Labute approximate surface area is 181 Å². The quantitative estimate of drug-likeness (QED) is 0.613. The lowest BCUT2D eigenvalue weighted by Gasteiger charge is -2.51. The van der Waals surface area contributed by atoms with E-state index in [9.17, 15) is 19.5 Å². The van der Waals surface area contributed by atoms with Gasteiger partial charge in [-0.05, 0) is 31.2 Å². The molecule has 0 saturated carbocycles. The molecule has 2 atom stereocenters. The number of nitrogens with zero attached hydrogens (tertiary/aromatic N) is 3. The fourth-order valence-electron chi connectivity index (χ4n) is 4.78. The highest BCUT2D eigenvalue weighted by molar-refractivity contribution is 5.78. The Morgan fingerprint density at radius 2 is 1.97 bits per heavy atom. The molecule has 4 N–H and O–H groups in total. The van der Waals surface area contributed by atoms with E-state index in [4.69, 9.17) is 15.6 Å². The molecular formula is C21H32N4O6. The van der Waals surface area contributed by atoms with Crippen LogP contribution in [0.25, 0.3) is 0 Å². The molecule has 172 valence electrons. The van der Waals surface area contributed by atoms with Crippen molar-refractivity contribution < 1.29 is 24.5 Å². The van der Waals surface area contributed by atoms with Crippen LogP contribution in [0.5, 0.6) is 0 Å². The number of likely N-dealkylation sites (tertiary alicyclic amines) is 1. The van der Waals surface area contributed by atoms with Gasteiger partial charge in [0, 0.05) is 32.1 Å². The predicted molar refractivity (Wildman–Crippen MR) is 112 cm³/mol. The van der Waals surface area contributed by atoms with Crippen LogP contribution in [-0.2, 0) is 14.3 Å². The van der Waals surface area contributed by atoms with Crippen molar-refractivity contribution in [1.29, 1.82) is 0 Å². The summed E-state index contributed by atoms with van der Waals surface area (Å²) < 4.78 is 7.54. The number of carbonyl (C=O) groups excluding carboxylic acids is 1. The molecular weight excluding hydrogens is 404 g/mol. The molecule has 3 rings (SSSR count). The first-order valence-electron chi connectivity index (χ1n) is 10.5. The first-order valence-corrected chi connectivity index (χ1v) is 10.5. The Bertz CT molecular complexity index is 901. The molecule has 3 heterocycles. The maximum absolute atomic E-state index is 12.7. The highest BCUT2D eigenvalue weighted by Crippen LogP contribution is 2.43. The number of hydrogen-bond donors (Lipinski definition) is 3. The summed E-state index contributed by atoms with van der Waals surface area (Å²) in [5, 5.41) is 20.2. The Balaban J connectivity index is 1.63. The van der Waals surface area contributed by atoms with Gasteiger partial charge in [-0.15, -0.1) is 0 Å². The van der Waals surface area contributed by atoms with Gasteiger partial charge < -0.3 is 25.6 Å². The van der Waals surface area contributed by atoms with E-state index in [0.29, 0.717) is 32.4 Å². The van der Waals surface area contributed by atoms with Gasteiger partial charge in [0.05, 0.1) is 30.3 Å². The molecule has 31 heavy (non-hydrogen) atoms. The number of carboxylic acid groups (broad SMARTS) is 1. The third-order valence-electron chi connectivity index (χ3n) is 6.42. The Morgan fingerprint density at radius 3 is 2.52 bits per heavy atom. The van der Waals surface area contributed by atoms with Crippen LogP contribution in [0.3, 0.4) is 0 Å². The topological polar surface area (TPSA) is 148 Å². The second-order valence-electron chi connectivity index (χ2n) is 9.88. The summed E-state index contributed by atoms with van der Waals surface area (Å²) in [4.78, 5) is 41.4. The van der Waals surface area contributed by atoms with Gasteiger partial charge in [-0.25, -0.2) is 4.79 Å². The Kier molecular flexibility index (Phi) is 6.16. The number of carboxylic acids is 1. The summed E-state index contributed by atoms with van der Waals surface area (Å²) >= 11 is 0. The largest absolute Gasteiger partial charge is 0.481 e. The van der Waals surface area contributed by atoms with E-state index in [-0.39, 0.29) is 31.2 Å². The number of aliphatic carboxylic acids is 1. The maximum Gasteiger partial charge on any atom is 0.349 e. The van der Waals surface area contributed by atoms with Crippen molar-refractivity contribution in [3.05, 3.63) is 22.7 Å². The fraction of sp³-hybridized carbons (Fsp3) is 0.714. The standard InChI is InChI=1S/C21H32N4O6/c1-19(2,11-17(27)28)10-16(26)24-8-5-21(6-9-24)13-20(3,30)14(12-31-21)25-7-4-15(22)23-18(25)29/h4,7,14,30H,5-6,8-13H2,1-3H3,(H,27,28)(H2,22,23,29)/t14-,20-/m0/s1. The SMILES string of the molecule is CC(C)(CC(=O)O)CC(=O)N1CCC2(CC1)C[C@](C)(O)[C@@H](n1ccc(N)nc1=O)CO2. The molecule has 1 aromatic heterocycles. The monoisotopic (exact) mass is 436 g/mol. The smallest absolute Gasteiger partial charge is 0.349 e. The highest BCUT2D eigenvalue weighted by Gasteiger charge is 2.50. The lowest BCUT2D eigenvalue weighted by Crippen LogP contribution is -2.59. The van der Waals surface area contributed by atoms with Crippen molar-refractivity contribution in [1.82, 2.24) is 14.5 Å². The number of carbonyl (C=O) groups is 2. The van der Waals surface area contributed by atoms with Crippen molar-refractivity contribution in [3.8, 4) is 0 Å². The van der Waals surface area contributed by atoms with Crippen molar-refractivity contribution in [2.75, 3.05) is 25.4 Å². The summed E-state index contributed by atoms with van der Waals surface area (Å²) in [6.07, 6.45) is 3.08. The van der Waals surface area contributed by atoms with Gasteiger partial charge in [0.15, 0.2) is 0 Å². The Morgan fingerprint density at radius 1 is 1.32 bits per heavy atom. The highest BCUT2D eigenvalue weighted by atomic mass is 16.5. The van der Waals surface area contributed by atoms with E-state index >= 15 is 0 Å². The van der Waals surface area contributed by atoms with Crippen LogP contribution in [0, 0.1) is 5.41 Å². The summed E-state index contributed by atoms with van der Waals surface area (Å²) in [5.41, 5.74) is 2.64. The van der Waals surface area contributed by atoms with E-state index in [1.165, 1.54) is 16.8 Å². The molecule has 0 aromatic carbocycles. The molecule has 2 saturated heterocycles. The summed E-state index contributed by atoms with van der Waals surface area (Å²) in [5.74, 6) is -0.864. The van der Waals surface area contributed by atoms with Gasteiger partial charge >= 0.3 is 11.7 Å². The minimum absolute atomic E-state index is 0.0662. The van der Waals surface area contributed by atoms with Crippen molar-refractivity contribution in [2.45, 2.75) is 70.1 Å². The third kappa shape index (κ3) is 5.24. The van der Waals surface area contributed by atoms with Gasteiger partial charge in [-0.2, -0.15) is 4.98 Å². The molecule has 0 unspecified atom stereocenters. The first-order chi connectivity index (χ1) is 14.3. The third-order valence-corrected chi connectivity index (χ3v) is 6.42. The van der Waals surface area contributed by atoms with E-state index in [0.717, 1.165) is 0 Å². The average molecular weight is 437 g/mol. The Hall–Kier alpha value is -2.46. The van der Waals surface area contributed by atoms with Crippen molar-refractivity contribution in [3.63, 3.8) is 0 Å². The number of nitrogens with two attached hydrogens (primary N) is 1. The van der Waals surface area contributed by atoms with Crippen LogP contribution in [0.1, 0.15) is 58.9 Å². The minimum Gasteiger partial charge on any atom is -0.481 e. The minimum atomic E-state index is -1.20. The summed E-state index contributed by atoms with van der Waals surface area (Å²) in [7, 11) is 0. The molecule has 0 radical (unpaired) electrons. The molecule has 2 aliphatic rings. The zero-order valence-electron chi connectivity index (χ0n) is 18.3. The van der Waals surface area contributed by atoms with Crippen LogP contribution in [0.4, 0.5) is 5.82 Å². The average Bonchev–Trinajstić information content (AvgIpc) is 2.61. The van der Waals surface area contributed by atoms with E-state index in [1.807, 2.05) is 0 Å². The zero-order chi connectivity index (χ0) is 23.0. The lowest BCUT2D eigenvalue weighted by molar-refractivity contribution is -0.198. The van der Waals surface area contributed by atoms with Crippen LogP contribution in [0.15, 0.2) is 17.1 Å². The summed E-state index contributed by atoms with van der Waals surface area (Å²) in [6.45, 7) is 6.35. The number of hydrogen-bond acceptors (Lipinski definition) is 7. The number of ether oxygens (including phenoxy) is 1. The maximum atomic E-state index is 12.7. The predicted octanol–water partition coefficient (Wildman–Crippen LogP) is 0.790. The molecule has 0 bridgehead atoms. The number of amides is 1. The van der Waals surface area contributed by atoms with Crippen LogP contribution >= 0.6 is 0 Å². The number of rotatable bonds is 5. The van der Waals surface area contributed by atoms with Gasteiger partial charge in [0.25, 0.3) is 0 Å². The first kappa shape index (κ1) is 23.2. The second-order valence-corrected chi connectivity index (χ2v) is 9.88. The van der Waals surface area contributed by atoms with Gasteiger partial charge in [0.2, 0.25) is 5.91 Å². The number of piperidine rings is 1. The molecule has 1 spiro atoms. The number of anilines is 1. The number of aromatic nitrogens is 2.